The van der Waals surface area contributed by atoms with Crippen molar-refractivity contribution in [2.45, 2.75) is 63.9 Å². The third kappa shape index (κ3) is 3.07. The lowest BCUT2D eigenvalue weighted by atomic mass is 10.2. The molecule has 4 nitrogen and oxygen atoms in total. The van der Waals surface area contributed by atoms with Gasteiger partial charge in [0, 0.05) is 24.3 Å². The highest BCUT2D eigenvalue weighted by Gasteiger charge is 2.22. The molecule has 0 spiro atoms. The molecule has 1 N–H and O–H groups in total. The molecule has 0 bridgehead atoms. The fraction of sp³-hybridized carbons (Fsp3) is 0.769. The van der Waals surface area contributed by atoms with Crippen LogP contribution in [0.25, 0.3) is 0 Å². The van der Waals surface area contributed by atoms with Crippen LogP contribution in [0.15, 0.2) is 12.4 Å². The Kier molecular flexibility index (Phi) is 3.16. The molecule has 1 aliphatic heterocycles. The van der Waals surface area contributed by atoms with E-state index in [0.29, 0.717) is 12.2 Å². The average Bonchev–Trinajstić information content (AvgIpc) is 2.90. The molecule has 17 heavy (non-hydrogen) atoms. The second-order valence-electron chi connectivity index (χ2n) is 5.37. The fourth-order valence-electron chi connectivity index (χ4n) is 2.38. The van der Waals surface area contributed by atoms with E-state index in [1.54, 1.807) is 0 Å². The van der Waals surface area contributed by atoms with Gasteiger partial charge in [0.1, 0.15) is 0 Å². The van der Waals surface area contributed by atoms with Gasteiger partial charge in [-0.2, -0.15) is 5.10 Å². The number of hydrogen-bond donors (Lipinski definition) is 1. The molecule has 2 unspecified atom stereocenters. The molecule has 2 atom stereocenters. The molecule has 3 rings (SSSR count). The Labute approximate surface area is 102 Å². The highest BCUT2D eigenvalue weighted by atomic mass is 16.5. The average molecular weight is 235 g/mol. The third-order valence-electron chi connectivity index (χ3n) is 3.57. The van der Waals surface area contributed by atoms with Gasteiger partial charge in [-0.15, -0.1) is 0 Å². The Morgan fingerprint density at radius 2 is 2.29 bits per heavy atom. The first-order valence-electron chi connectivity index (χ1n) is 6.70. The van der Waals surface area contributed by atoms with Gasteiger partial charge in [0.05, 0.1) is 24.9 Å². The Bertz CT molecular complexity index is 372. The van der Waals surface area contributed by atoms with E-state index < -0.39 is 0 Å². The summed E-state index contributed by atoms with van der Waals surface area (Å²) in [4.78, 5) is 0. The molecular weight excluding hydrogens is 214 g/mol. The minimum Gasteiger partial charge on any atom is -0.373 e. The first-order valence-corrected chi connectivity index (χ1v) is 6.70. The van der Waals surface area contributed by atoms with Crippen molar-refractivity contribution in [2.24, 2.45) is 0 Å². The molecule has 2 fully saturated rings. The number of nitrogens with zero attached hydrogens (tertiary/aromatic N) is 2. The quantitative estimate of drug-likeness (QED) is 0.844. The van der Waals surface area contributed by atoms with Crippen LogP contribution in [0.3, 0.4) is 0 Å². The number of rotatable bonds is 5. The van der Waals surface area contributed by atoms with Crippen LogP contribution in [0.5, 0.6) is 0 Å². The van der Waals surface area contributed by atoms with Gasteiger partial charge in [-0.3, -0.25) is 4.68 Å². The zero-order valence-electron chi connectivity index (χ0n) is 10.4. The molecule has 4 heteroatoms. The molecule has 94 valence electrons. The maximum atomic E-state index is 5.81. The van der Waals surface area contributed by atoms with Crippen LogP contribution in [-0.2, 0) is 17.8 Å². The number of hydrogen-bond acceptors (Lipinski definition) is 3. The topological polar surface area (TPSA) is 39.1 Å². The Morgan fingerprint density at radius 1 is 1.41 bits per heavy atom. The van der Waals surface area contributed by atoms with E-state index in [4.69, 9.17) is 4.74 Å². The molecule has 1 saturated carbocycles. The molecule has 2 aliphatic rings. The SMILES string of the molecule is CC1CCC(Cn2cc(CNC3CC3)cn2)O1. The lowest BCUT2D eigenvalue weighted by Crippen LogP contribution is -2.17. The van der Waals surface area contributed by atoms with Gasteiger partial charge in [0.25, 0.3) is 0 Å². The minimum atomic E-state index is 0.356. The van der Waals surface area contributed by atoms with Crippen LogP contribution in [-0.4, -0.2) is 28.0 Å². The van der Waals surface area contributed by atoms with Gasteiger partial charge >= 0.3 is 0 Å². The summed E-state index contributed by atoms with van der Waals surface area (Å²) in [5.74, 6) is 0. The molecule has 1 aliphatic carbocycles. The van der Waals surface area contributed by atoms with Crippen molar-refractivity contribution in [3.05, 3.63) is 18.0 Å². The minimum absolute atomic E-state index is 0.356. The zero-order valence-corrected chi connectivity index (χ0v) is 10.4. The molecule has 0 aromatic carbocycles. The Balaban J connectivity index is 1.49. The van der Waals surface area contributed by atoms with Crippen molar-refractivity contribution < 1.29 is 4.74 Å². The van der Waals surface area contributed by atoms with E-state index in [9.17, 15) is 0 Å². The molecule has 2 heterocycles. The van der Waals surface area contributed by atoms with Crippen LogP contribution in [0, 0.1) is 0 Å². The monoisotopic (exact) mass is 235 g/mol. The van der Waals surface area contributed by atoms with Crippen LogP contribution >= 0.6 is 0 Å². The smallest absolute Gasteiger partial charge is 0.0775 e. The van der Waals surface area contributed by atoms with Gasteiger partial charge in [0.15, 0.2) is 0 Å². The molecule has 1 aromatic heterocycles. The van der Waals surface area contributed by atoms with Crippen LogP contribution in [0.4, 0.5) is 0 Å². The summed E-state index contributed by atoms with van der Waals surface area (Å²) in [6, 6.07) is 0.761. The maximum Gasteiger partial charge on any atom is 0.0775 e. The third-order valence-corrected chi connectivity index (χ3v) is 3.57. The summed E-state index contributed by atoms with van der Waals surface area (Å²) in [6.45, 7) is 3.99. The number of ether oxygens (including phenoxy) is 1. The van der Waals surface area contributed by atoms with Crippen LogP contribution in [0.2, 0.25) is 0 Å². The predicted molar refractivity (Wildman–Crippen MR) is 65.7 cm³/mol. The summed E-state index contributed by atoms with van der Waals surface area (Å²) >= 11 is 0. The number of nitrogens with one attached hydrogen (secondary N) is 1. The van der Waals surface area contributed by atoms with Gasteiger partial charge < -0.3 is 10.1 Å². The Morgan fingerprint density at radius 3 is 3.00 bits per heavy atom. The number of aromatic nitrogens is 2. The van der Waals surface area contributed by atoms with E-state index >= 15 is 0 Å². The van der Waals surface area contributed by atoms with E-state index in [-0.39, 0.29) is 0 Å². The van der Waals surface area contributed by atoms with Gasteiger partial charge in [-0.25, -0.2) is 0 Å². The predicted octanol–water partition coefficient (Wildman–Crippen LogP) is 1.70. The summed E-state index contributed by atoms with van der Waals surface area (Å²) in [5, 5.41) is 7.90. The standard InChI is InChI=1S/C13H21N3O/c1-10-2-5-13(17-10)9-16-8-11(7-15-16)6-14-12-3-4-12/h7-8,10,12-14H,2-6,9H2,1H3. The summed E-state index contributed by atoms with van der Waals surface area (Å²) < 4.78 is 7.83. The van der Waals surface area contributed by atoms with E-state index in [0.717, 1.165) is 25.6 Å². The van der Waals surface area contributed by atoms with Crippen molar-refractivity contribution in [1.29, 1.82) is 0 Å². The highest BCUT2D eigenvalue weighted by Crippen LogP contribution is 2.21. The van der Waals surface area contributed by atoms with Gasteiger partial charge in [-0.1, -0.05) is 0 Å². The van der Waals surface area contributed by atoms with Crippen molar-refractivity contribution in [2.75, 3.05) is 0 Å². The summed E-state index contributed by atoms with van der Waals surface area (Å²) in [7, 11) is 0. The normalized spacial score (nSPS) is 28.8. The second kappa shape index (κ2) is 4.78. The fourth-order valence-corrected chi connectivity index (χ4v) is 2.38. The van der Waals surface area contributed by atoms with E-state index in [1.165, 1.54) is 24.8 Å². The van der Waals surface area contributed by atoms with Crippen molar-refractivity contribution >= 4 is 0 Å². The lowest BCUT2D eigenvalue weighted by Gasteiger charge is -2.10. The molecule has 0 amide bonds. The van der Waals surface area contributed by atoms with Crippen LogP contribution < -0.4 is 5.32 Å². The molecule has 1 aromatic rings. The van der Waals surface area contributed by atoms with E-state index in [2.05, 4.69) is 23.5 Å². The largest absolute Gasteiger partial charge is 0.373 e. The van der Waals surface area contributed by atoms with Gasteiger partial charge in [-0.05, 0) is 32.6 Å². The second-order valence-corrected chi connectivity index (χ2v) is 5.37. The van der Waals surface area contributed by atoms with Crippen molar-refractivity contribution in [3.63, 3.8) is 0 Å². The maximum absolute atomic E-state index is 5.81. The summed E-state index contributed by atoms with van der Waals surface area (Å²) in [5.41, 5.74) is 1.28. The van der Waals surface area contributed by atoms with Crippen molar-refractivity contribution in [1.82, 2.24) is 15.1 Å². The molecule has 0 radical (unpaired) electrons. The zero-order chi connectivity index (χ0) is 11.7. The highest BCUT2D eigenvalue weighted by molar-refractivity contribution is 5.04. The van der Waals surface area contributed by atoms with Crippen molar-refractivity contribution in [3.8, 4) is 0 Å². The molecule has 1 saturated heterocycles. The Hall–Kier alpha value is -0.870. The van der Waals surface area contributed by atoms with Gasteiger partial charge in [0.2, 0.25) is 0 Å². The summed E-state index contributed by atoms with van der Waals surface area (Å²) in [6.07, 6.45) is 9.90. The lowest BCUT2D eigenvalue weighted by molar-refractivity contribution is 0.0437. The first-order chi connectivity index (χ1) is 8.29. The first kappa shape index (κ1) is 11.2. The molecular formula is C13H21N3O. The van der Waals surface area contributed by atoms with Crippen LogP contribution in [0.1, 0.15) is 38.2 Å². The van der Waals surface area contributed by atoms with E-state index in [1.807, 2.05) is 10.9 Å².